The van der Waals surface area contributed by atoms with Gasteiger partial charge in [-0.1, -0.05) is 252 Å². The minimum Gasteiger partial charge on any atom is -0.462 e. The molecule has 0 aromatic rings. The summed E-state index contributed by atoms with van der Waals surface area (Å²) in [5, 5.41) is 0. The van der Waals surface area contributed by atoms with E-state index in [2.05, 4.69) is 81.5 Å². The number of rotatable bonds is 47. The molecule has 0 radical (unpaired) electrons. The third kappa shape index (κ3) is 51.1. The van der Waals surface area contributed by atoms with Gasteiger partial charge < -0.3 is 14.2 Å². The quantitative estimate of drug-likeness (QED) is 0.0199. The minimum atomic E-state index is -0.834. The zero-order chi connectivity index (χ0) is 47.9. The van der Waals surface area contributed by atoms with E-state index in [4.69, 9.17) is 14.2 Å². The molecule has 0 heterocycles. The summed E-state index contributed by atoms with van der Waals surface area (Å²) in [7, 11) is 0. The first-order valence-corrected chi connectivity index (χ1v) is 26.9. The predicted octanol–water partition coefficient (Wildman–Crippen LogP) is 17.9. The van der Waals surface area contributed by atoms with Gasteiger partial charge in [-0.25, -0.2) is 0 Å². The standard InChI is InChI=1S/C60H98O6/c1-4-7-10-13-16-19-22-25-27-29-30-31-33-35-38-41-44-47-50-53-59(62)65-56-57(55-64-58(61)52-49-46-43-40-37-34-24-21-18-15-12-9-6-3)66-60(63)54-51-48-45-42-39-36-32-28-26-23-20-17-14-11-8-5-2/h8-9,11-12,15,17-18,20-21,24,26,28,34,36-37,39,45,48,57H,4-7,10,13-14,16,19,22-23,25,27,29-33,35,38,40-44,46-47,49-56H2,1-3H3/b11-8-,12-9-,18-15-,20-17-,24-21-,28-26-,37-34-,39-36-,48-45-. The van der Waals surface area contributed by atoms with Crippen molar-refractivity contribution in [3.05, 3.63) is 109 Å². The highest BCUT2D eigenvalue weighted by Crippen LogP contribution is 2.15. The van der Waals surface area contributed by atoms with Crippen LogP contribution in [0.15, 0.2) is 109 Å². The van der Waals surface area contributed by atoms with Crippen molar-refractivity contribution in [3.8, 4) is 0 Å². The number of hydrogen-bond acceptors (Lipinski definition) is 6. The molecule has 0 amide bonds. The lowest BCUT2D eigenvalue weighted by Gasteiger charge is -2.18. The molecule has 0 saturated heterocycles. The van der Waals surface area contributed by atoms with Crippen molar-refractivity contribution in [1.82, 2.24) is 0 Å². The van der Waals surface area contributed by atoms with Crippen molar-refractivity contribution in [3.63, 3.8) is 0 Å². The van der Waals surface area contributed by atoms with E-state index in [9.17, 15) is 14.4 Å². The fourth-order valence-electron chi connectivity index (χ4n) is 7.15. The van der Waals surface area contributed by atoms with Crippen molar-refractivity contribution in [2.24, 2.45) is 0 Å². The zero-order valence-electron chi connectivity index (χ0n) is 42.7. The van der Waals surface area contributed by atoms with Crippen LogP contribution in [-0.2, 0) is 28.6 Å². The third-order valence-corrected chi connectivity index (χ3v) is 11.1. The lowest BCUT2D eigenvalue weighted by atomic mass is 10.0. The van der Waals surface area contributed by atoms with Gasteiger partial charge in [-0.05, 0) is 70.6 Å². The summed E-state index contributed by atoms with van der Waals surface area (Å²) in [5.74, 6) is -1.05. The van der Waals surface area contributed by atoms with E-state index >= 15 is 0 Å². The maximum atomic E-state index is 12.8. The van der Waals surface area contributed by atoms with Gasteiger partial charge in [-0.2, -0.15) is 0 Å². The summed E-state index contributed by atoms with van der Waals surface area (Å²) >= 11 is 0. The molecule has 0 rings (SSSR count). The van der Waals surface area contributed by atoms with Crippen LogP contribution < -0.4 is 0 Å². The van der Waals surface area contributed by atoms with Gasteiger partial charge in [-0.15, -0.1) is 0 Å². The van der Waals surface area contributed by atoms with Crippen molar-refractivity contribution in [1.29, 1.82) is 0 Å². The molecular formula is C60H98O6. The Hall–Kier alpha value is -3.93. The van der Waals surface area contributed by atoms with Crippen molar-refractivity contribution >= 4 is 17.9 Å². The first kappa shape index (κ1) is 62.1. The topological polar surface area (TPSA) is 78.9 Å². The molecule has 6 nitrogen and oxygen atoms in total. The van der Waals surface area contributed by atoms with Crippen LogP contribution in [0.5, 0.6) is 0 Å². The number of allylic oxidation sites excluding steroid dienone is 18. The van der Waals surface area contributed by atoms with E-state index in [1.807, 2.05) is 48.6 Å². The van der Waals surface area contributed by atoms with Gasteiger partial charge in [-0.3, -0.25) is 14.4 Å². The second-order valence-corrected chi connectivity index (χ2v) is 17.5. The Kier molecular flexibility index (Phi) is 50.5. The molecule has 0 aromatic heterocycles. The summed E-state index contributed by atoms with van der Waals surface area (Å²) in [4.78, 5) is 38.0. The van der Waals surface area contributed by atoms with Crippen LogP contribution in [0.25, 0.3) is 0 Å². The average molecular weight is 915 g/mol. The number of ether oxygens (including phenoxy) is 3. The molecule has 0 aliphatic heterocycles. The third-order valence-electron chi connectivity index (χ3n) is 11.1. The Morgan fingerprint density at radius 3 is 1.14 bits per heavy atom. The van der Waals surface area contributed by atoms with Crippen molar-refractivity contribution in [2.75, 3.05) is 13.2 Å². The Labute approximate surface area is 406 Å². The molecule has 0 fully saturated rings. The van der Waals surface area contributed by atoms with Crippen LogP contribution in [0.4, 0.5) is 0 Å². The van der Waals surface area contributed by atoms with Crippen LogP contribution in [0.3, 0.4) is 0 Å². The fraction of sp³-hybridized carbons (Fsp3) is 0.650. The molecule has 374 valence electrons. The molecule has 0 bridgehead atoms. The highest BCUT2D eigenvalue weighted by Gasteiger charge is 2.19. The molecular weight excluding hydrogens is 817 g/mol. The summed E-state index contributed by atoms with van der Waals surface area (Å²) in [6.07, 6.45) is 72.4. The number of carbonyl (C=O) groups is 3. The maximum Gasteiger partial charge on any atom is 0.306 e. The van der Waals surface area contributed by atoms with E-state index in [0.717, 1.165) is 83.5 Å². The SMILES string of the molecule is CC\C=C/C=C\C=C/C=C\CCCCCC(=O)OCC(COC(=O)CCCCCCCCCCCCCCCCCCCCC)OC(=O)CC/C=C\C/C=C\C/C=C\C/C=C\C/C=C\CC. The van der Waals surface area contributed by atoms with Crippen LogP contribution in [0.2, 0.25) is 0 Å². The number of esters is 3. The minimum absolute atomic E-state index is 0.120. The monoisotopic (exact) mass is 915 g/mol. The predicted molar refractivity (Wildman–Crippen MR) is 283 cm³/mol. The molecule has 0 aliphatic carbocycles. The van der Waals surface area contributed by atoms with Gasteiger partial charge in [0.15, 0.2) is 6.10 Å². The number of hydrogen-bond donors (Lipinski definition) is 0. The summed E-state index contributed by atoms with van der Waals surface area (Å²) in [6.45, 7) is 6.29. The lowest BCUT2D eigenvalue weighted by Crippen LogP contribution is -2.30. The molecule has 0 spiro atoms. The molecule has 0 aromatic carbocycles. The van der Waals surface area contributed by atoms with E-state index in [0.29, 0.717) is 19.3 Å². The summed E-state index contributed by atoms with van der Waals surface area (Å²) < 4.78 is 16.7. The Balaban J connectivity index is 4.49. The molecule has 6 heteroatoms. The average Bonchev–Trinajstić information content (AvgIpc) is 3.31. The lowest BCUT2D eigenvalue weighted by molar-refractivity contribution is -0.166. The van der Waals surface area contributed by atoms with Crippen LogP contribution in [0, 0.1) is 0 Å². The second-order valence-electron chi connectivity index (χ2n) is 17.5. The highest BCUT2D eigenvalue weighted by atomic mass is 16.6. The van der Waals surface area contributed by atoms with Gasteiger partial charge in [0.2, 0.25) is 0 Å². The number of unbranched alkanes of at least 4 members (excludes halogenated alkanes) is 21. The maximum absolute atomic E-state index is 12.8. The van der Waals surface area contributed by atoms with E-state index in [-0.39, 0.29) is 31.6 Å². The summed E-state index contributed by atoms with van der Waals surface area (Å²) in [6, 6.07) is 0. The molecule has 0 saturated carbocycles. The van der Waals surface area contributed by atoms with E-state index < -0.39 is 12.1 Å². The van der Waals surface area contributed by atoms with Gasteiger partial charge in [0.1, 0.15) is 13.2 Å². The largest absolute Gasteiger partial charge is 0.462 e. The van der Waals surface area contributed by atoms with Gasteiger partial charge in [0.05, 0.1) is 0 Å². The first-order valence-electron chi connectivity index (χ1n) is 26.9. The van der Waals surface area contributed by atoms with Gasteiger partial charge >= 0.3 is 17.9 Å². The van der Waals surface area contributed by atoms with E-state index in [1.54, 1.807) is 0 Å². The Morgan fingerprint density at radius 2 is 0.697 bits per heavy atom. The van der Waals surface area contributed by atoms with Gasteiger partial charge in [0.25, 0.3) is 0 Å². The summed E-state index contributed by atoms with van der Waals surface area (Å²) in [5.41, 5.74) is 0. The molecule has 1 unspecified atom stereocenters. The molecule has 0 N–H and O–H groups in total. The van der Waals surface area contributed by atoms with Crippen molar-refractivity contribution in [2.45, 2.75) is 239 Å². The fourth-order valence-corrected chi connectivity index (χ4v) is 7.15. The van der Waals surface area contributed by atoms with Gasteiger partial charge in [0, 0.05) is 19.3 Å². The van der Waals surface area contributed by atoms with Crippen molar-refractivity contribution < 1.29 is 28.6 Å². The van der Waals surface area contributed by atoms with E-state index in [1.165, 1.54) is 103 Å². The zero-order valence-corrected chi connectivity index (χ0v) is 42.7. The van der Waals surface area contributed by atoms with Crippen LogP contribution in [-0.4, -0.2) is 37.2 Å². The Bertz CT molecular complexity index is 1370. The number of carbonyl (C=O) groups excluding carboxylic acids is 3. The Morgan fingerprint density at radius 1 is 0.333 bits per heavy atom. The normalized spacial score (nSPS) is 13.0. The van der Waals surface area contributed by atoms with Crippen LogP contribution in [0.1, 0.15) is 233 Å². The smallest absolute Gasteiger partial charge is 0.306 e. The molecule has 0 aliphatic rings. The molecule has 1 atom stereocenters. The molecule has 66 heavy (non-hydrogen) atoms. The second kappa shape index (κ2) is 53.7. The highest BCUT2D eigenvalue weighted by molar-refractivity contribution is 5.71. The first-order chi connectivity index (χ1) is 32.5. The van der Waals surface area contributed by atoms with Crippen LogP contribution >= 0.6 is 0 Å².